The summed E-state index contributed by atoms with van der Waals surface area (Å²) < 4.78 is 15.5. The van der Waals surface area contributed by atoms with E-state index in [0.29, 0.717) is 26.2 Å². The number of methoxy groups -OCH3 is 2. The molecule has 7 heteroatoms. The Morgan fingerprint density at radius 1 is 1.18 bits per heavy atom. The van der Waals surface area contributed by atoms with Crippen LogP contribution in [0, 0.1) is 5.92 Å². The van der Waals surface area contributed by atoms with Gasteiger partial charge in [-0.2, -0.15) is 0 Å². The fourth-order valence-corrected chi connectivity index (χ4v) is 3.54. The van der Waals surface area contributed by atoms with E-state index in [2.05, 4.69) is 5.32 Å². The molecule has 1 N–H and O–H groups in total. The summed E-state index contributed by atoms with van der Waals surface area (Å²) in [5, 5.41) is 2.97. The van der Waals surface area contributed by atoms with Crippen molar-refractivity contribution in [2.75, 3.05) is 40.5 Å². The van der Waals surface area contributed by atoms with Gasteiger partial charge in [-0.15, -0.1) is 0 Å². The number of benzene rings is 1. The first-order valence-corrected chi connectivity index (χ1v) is 9.37. The van der Waals surface area contributed by atoms with Crippen LogP contribution in [-0.4, -0.2) is 57.2 Å². The van der Waals surface area contributed by atoms with Gasteiger partial charge in [0.2, 0.25) is 5.91 Å². The van der Waals surface area contributed by atoms with Gasteiger partial charge >= 0.3 is 0 Å². The summed E-state index contributed by atoms with van der Waals surface area (Å²) in [5.41, 5.74) is 1.01. The third kappa shape index (κ3) is 4.54. The molecule has 0 aliphatic carbocycles. The molecule has 3 rings (SSSR count). The summed E-state index contributed by atoms with van der Waals surface area (Å²) in [7, 11) is 3.25. The van der Waals surface area contributed by atoms with Crippen molar-refractivity contribution in [3.63, 3.8) is 0 Å². The lowest BCUT2D eigenvalue weighted by Gasteiger charge is -2.18. The maximum Gasteiger partial charge on any atom is 0.289 e. The van der Waals surface area contributed by atoms with Gasteiger partial charge in [0.25, 0.3) is 5.91 Å². The Labute approximate surface area is 164 Å². The molecule has 1 aromatic heterocycles. The van der Waals surface area contributed by atoms with E-state index in [4.69, 9.17) is 13.9 Å². The van der Waals surface area contributed by atoms with E-state index >= 15 is 0 Å². The molecule has 1 aliphatic rings. The molecule has 150 valence electrons. The van der Waals surface area contributed by atoms with Crippen molar-refractivity contribution in [3.8, 4) is 5.75 Å². The summed E-state index contributed by atoms with van der Waals surface area (Å²) in [5.74, 6) is 0.382. The maximum absolute atomic E-state index is 12.8. The van der Waals surface area contributed by atoms with Gasteiger partial charge in [0.1, 0.15) is 5.75 Å². The first-order chi connectivity index (χ1) is 13.6. The van der Waals surface area contributed by atoms with E-state index in [1.54, 1.807) is 31.3 Å². The van der Waals surface area contributed by atoms with Crippen molar-refractivity contribution in [1.29, 1.82) is 0 Å². The third-order valence-electron chi connectivity index (χ3n) is 5.04. The predicted molar refractivity (Wildman–Crippen MR) is 103 cm³/mol. The van der Waals surface area contributed by atoms with Crippen molar-refractivity contribution in [1.82, 2.24) is 10.2 Å². The second-order valence-corrected chi connectivity index (χ2v) is 6.81. The maximum atomic E-state index is 12.8. The number of hydrogen-bond donors (Lipinski definition) is 1. The van der Waals surface area contributed by atoms with Crippen LogP contribution in [0.3, 0.4) is 0 Å². The van der Waals surface area contributed by atoms with Crippen LogP contribution in [0.5, 0.6) is 5.75 Å². The molecule has 2 aromatic rings. The lowest BCUT2D eigenvalue weighted by molar-refractivity contribution is -0.124. The van der Waals surface area contributed by atoms with Crippen LogP contribution >= 0.6 is 0 Å². The number of nitrogens with zero attached hydrogens (tertiary/aromatic N) is 1. The van der Waals surface area contributed by atoms with Crippen LogP contribution in [0.2, 0.25) is 0 Å². The number of ether oxygens (including phenoxy) is 2. The van der Waals surface area contributed by atoms with Crippen LogP contribution in [0.25, 0.3) is 0 Å². The molecule has 0 radical (unpaired) electrons. The first-order valence-electron chi connectivity index (χ1n) is 9.37. The van der Waals surface area contributed by atoms with Crippen molar-refractivity contribution in [2.24, 2.45) is 5.92 Å². The van der Waals surface area contributed by atoms with Gasteiger partial charge in [0.05, 0.1) is 19.3 Å². The van der Waals surface area contributed by atoms with E-state index in [-0.39, 0.29) is 29.4 Å². The summed E-state index contributed by atoms with van der Waals surface area (Å²) in [4.78, 5) is 27.2. The van der Waals surface area contributed by atoms with Crippen LogP contribution in [-0.2, 0) is 9.53 Å². The van der Waals surface area contributed by atoms with Gasteiger partial charge in [-0.1, -0.05) is 12.1 Å². The van der Waals surface area contributed by atoms with E-state index in [1.165, 1.54) is 6.26 Å². The van der Waals surface area contributed by atoms with Crippen LogP contribution in [0.1, 0.15) is 28.5 Å². The van der Waals surface area contributed by atoms with Crippen LogP contribution in [0.15, 0.2) is 47.1 Å². The zero-order valence-corrected chi connectivity index (χ0v) is 16.2. The quantitative estimate of drug-likeness (QED) is 0.704. The second-order valence-electron chi connectivity index (χ2n) is 6.81. The number of furan rings is 1. The zero-order valence-electron chi connectivity index (χ0n) is 16.2. The summed E-state index contributed by atoms with van der Waals surface area (Å²) in [6, 6.07) is 11.0. The van der Waals surface area contributed by atoms with Gasteiger partial charge in [-0.25, -0.2) is 0 Å². The smallest absolute Gasteiger partial charge is 0.289 e. The molecule has 0 bridgehead atoms. The zero-order chi connectivity index (χ0) is 19.9. The molecule has 1 aromatic carbocycles. The highest BCUT2D eigenvalue weighted by atomic mass is 16.5. The molecule has 1 aliphatic heterocycles. The monoisotopic (exact) mass is 386 g/mol. The van der Waals surface area contributed by atoms with Gasteiger partial charge < -0.3 is 24.1 Å². The first kappa shape index (κ1) is 19.9. The fourth-order valence-electron chi connectivity index (χ4n) is 3.54. The topological polar surface area (TPSA) is 81.0 Å². The minimum atomic E-state index is -0.324. The predicted octanol–water partition coefficient (Wildman–Crippen LogP) is 2.30. The van der Waals surface area contributed by atoms with E-state index in [9.17, 15) is 9.59 Å². The molecule has 0 spiro atoms. The second kappa shape index (κ2) is 9.41. The average Bonchev–Trinajstić information content (AvgIpc) is 3.41. The minimum Gasteiger partial charge on any atom is -0.497 e. The number of carbonyl (C=O) groups is 2. The summed E-state index contributed by atoms with van der Waals surface area (Å²) in [6.07, 6.45) is 2.22. The Bertz CT molecular complexity index is 773. The molecule has 1 fully saturated rings. The normalized spacial score (nSPS) is 18.9. The lowest BCUT2D eigenvalue weighted by Crippen LogP contribution is -2.36. The fraction of sp³-hybridized carbons (Fsp3) is 0.429. The number of carbonyl (C=O) groups excluding carboxylic acids is 2. The van der Waals surface area contributed by atoms with Crippen molar-refractivity contribution < 1.29 is 23.5 Å². The standard InChI is InChI=1S/C21H26N2O5/c1-26-11-4-10-22-20(24)18-14-23(21(25)19-5-3-12-28-19)13-17(18)15-6-8-16(27-2)9-7-15/h3,5-9,12,17-18H,4,10-11,13-14H2,1-2H3,(H,22,24)/t17-,18+/m0/s1. The summed E-state index contributed by atoms with van der Waals surface area (Å²) in [6.45, 7) is 1.95. The van der Waals surface area contributed by atoms with E-state index in [0.717, 1.165) is 17.7 Å². The Hall–Kier alpha value is -2.80. The highest BCUT2D eigenvalue weighted by Gasteiger charge is 2.41. The third-order valence-corrected chi connectivity index (χ3v) is 5.04. The number of rotatable bonds is 8. The number of likely N-dealkylation sites (tertiary alicyclic amines) is 1. The van der Waals surface area contributed by atoms with Gasteiger partial charge in [0.15, 0.2) is 5.76 Å². The molecular formula is C21H26N2O5. The highest BCUT2D eigenvalue weighted by molar-refractivity contribution is 5.92. The van der Waals surface area contributed by atoms with Crippen molar-refractivity contribution >= 4 is 11.8 Å². The SMILES string of the molecule is COCCCNC(=O)[C@@H]1CN(C(=O)c2ccco2)C[C@H]1c1ccc(OC)cc1. The number of hydrogen-bond acceptors (Lipinski definition) is 5. The van der Waals surface area contributed by atoms with Crippen LogP contribution in [0.4, 0.5) is 0 Å². The molecular weight excluding hydrogens is 360 g/mol. The Morgan fingerprint density at radius 2 is 1.96 bits per heavy atom. The van der Waals surface area contributed by atoms with Gasteiger partial charge in [-0.3, -0.25) is 9.59 Å². The molecule has 0 unspecified atom stereocenters. The molecule has 0 saturated carbocycles. The molecule has 2 atom stereocenters. The average molecular weight is 386 g/mol. The Morgan fingerprint density at radius 3 is 2.61 bits per heavy atom. The molecule has 2 heterocycles. The molecule has 7 nitrogen and oxygen atoms in total. The Balaban J connectivity index is 1.76. The van der Waals surface area contributed by atoms with E-state index < -0.39 is 0 Å². The molecule has 1 saturated heterocycles. The van der Waals surface area contributed by atoms with Crippen molar-refractivity contribution in [3.05, 3.63) is 54.0 Å². The van der Waals surface area contributed by atoms with Crippen LogP contribution < -0.4 is 10.1 Å². The minimum absolute atomic E-state index is 0.0494. The lowest BCUT2D eigenvalue weighted by atomic mass is 9.88. The van der Waals surface area contributed by atoms with Gasteiger partial charge in [0, 0.05) is 39.3 Å². The summed E-state index contributed by atoms with van der Waals surface area (Å²) >= 11 is 0. The van der Waals surface area contributed by atoms with Crippen molar-refractivity contribution in [2.45, 2.75) is 12.3 Å². The Kier molecular flexibility index (Phi) is 6.71. The number of nitrogens with one attached hydrogen (secondary N) is 1. The van der Waals surface area contributed by atoms with Gasteiger partial charge in [-0.05, 0) is 36.2 Å². The molecule has 2 amide bonds. The highest BCUT2D eigenvalue weighted by Crippen LogP contribution is 2.34. The number of amides is 2. The largest absolute Gasteiger partial charge is 0.497 e. The van der Waals surface area contributed by atoms with E-state index in [1.807, 2.05) is 24.3 Å². The molecule has 28 heavy (non-hydrogen) atoms.